The Balaban J connectivity index is 1.70. The van der Waals surface area contributed by atoms with Crippen LogP contribution >= 0.6 is 0 Å². The van der Waals surface area contributed by atoms with Crippen LogP contribution in [0.25, 0.3) is 0 Å². The van der Waals surface area contributed by atoms with Gasteiger partial charge in [-0.2, -0.15) is 0 Å². The van der Waals surface area contributed by atoms with Crippen molar-refractivity contribution in [3.05, 3.63) is 77.7 Å². The normalized spacial score (nSPS) is 15.5. The van der Waals surface area contributed by atoms with Gasteiger partial charge in [-0.25, -0.2) is 0 Å². The van der Waals surface area contributed by atoms with Gasteiger partial charge in [0.1, 0.15) is 11.9 Å². The van der Waals surface area contributed by atoms with Gasteiger partial charge in [-0.05, 0) is 48.4 Å². The zero-order valence-corrected chi connectivity index (χ0v) is 17.3. The van der Waals surface area contributed by atoms with Crippen molar-refractivity contribution < 1.29 is 18.7 Å². The largest absolute Gasteiger partial charge is 0.493 e. The van der Waals surface area contributed by atoms with Gasteiger partial charge in [-0.3, -0.25) is 4.79 Å². The van der Waals surface area contributed by atoms with E-state index in [-0.39, 0.29) is 12.1 Å². The highest BCUT2D eigenvalue weighted by atomic mass is 16.5. The number of ether oxygens (including phenoxy) is 2. The first-order valence-electron chi connectivity index (χ1n) is 10.2. The molecule has 1 atom stereocenters. The Morgan fingerprint density at radius 3 is 2.73 bits per heavy atom. The average Bonchev–Trinajstić information content (AvgIpc) is 3.29. The molecule has 1 aliphatic rings. The number of unbranched alkanes of at least 4 members (excludes halogenated alkanes) is 1. The third-order valence-corrected chi connectivity index (χ3v) is 5.19. The summed E-state index contributed by atoms with van der Waals surface area (Å²) in [6.07, 6.45) is 3.27. The minimum Gasteiger partial charge on any atom is -0.493 e. The molecule has 0 bridgehead atoms. The molecule has 3 aromatic rings. The molecule has 0 fully saturated rings. The second-order valence-corrected chi connectivity index (χ2v) is 7.22. The molecule has 1 aliphatic heterocycles. The molecule has 156 valence electrons. The van der Waals surface area contributed by atoms with Crippen molar-refractivity contribution >= 4 is 11.6 Å². The lowest BCUT2D eigenvalue weighted by molar-refractivity contribution is 0.0651. The SMILES string of the molecule is CCCCOc1cc([C@@H]2Nc3ccccc3C(=O)N2Cc2ccco2)ccc1OC. The number of anilines is 1. The van der Waals surface area contributed by atoms with Crippen LogP contribution in [0, 0.1) is 0 Å². The van der Waals surface area contributed by atoms with Crippen molar-refractivity contribution in [2.75, 3.05) is 19.0 Å². The lowest BCUT2D eigenvalue weighted by atomic mass is 10.0. The van der Waals surface area contributed by atoms with Gasteiger partial charge in [0.15, 0.2) is 11.5 Å². The molecule has 0 saturated heterocycles. The van der Waals surface area contributed by atoms with Crippen LogP contribution in [0.4, 0.5) is 5.69 Å². The molecule has 1 amide bonds. The van der Waals surface area contributed by atoms with Crippen LogP contribution in [0.1, 0.15) is 47.6 Å². The van der Waals surface area contributed by atoms with Crippen molar-refractivity contribution in [3.63, 3.8) is 0 Å². The molecule has 4 rings (SSSR count). The maximum Gasteiger partial charge on any atom is 0.258 e. The van der Waals surface area contributed by atoms with E-state index in [4.69, 9.17) is 13.9 Å². The summed E-state index contributed by atoms with van der Waals surface area (Å²) in [5.41, 5.74) is 2.37. The first kappa shape index (κ1) is 19.9. The molecule has 1 aromatic heterocycles. The molecular formula is C24H26N2O4. The molecule has 2 aromatic carbocycles. The van der Waals surface area contributed by atoms with E-state index in [1.807, 2.05) is 54.6 Å². The number of fused-ring (bicyclic) bond motifs is 1. The molecule has 0 unspecified atom stereocenters. The predicted octanol–water partition coefficient (Wildman–Crippen LogP) is 5.23. The molecule has 1 N–H and O–H groups in total. The summed E-state index contributed by atoms with van der Waals surface area (Å²) in [5, 5.41) is 3.51. The van der Waals surface area contributed by atoms with Crippen LogP contribution in [0.15, 0.2) is 65.3 Å². The zero-order chi connectivity index (χ0) is 20.9. The van der Waals surface area contributed by atoms with E-state index in [0.29, 0.717) is 30.2 Å². The van der Waals surface area contributed by atoms with E-state index < -0.39 is 0 Å². The van der Waals surface area contributed by atoms with Crippen molar-refractivity contribution in [1.82, 2.24) is 4.90 Å². The highest BCUT2D eigenvalue weighted by molar-refractivity contribution is 6.01. The average molecular weight is 406 g/mol. The summed E-state index contributed by atoms with van der Waals surface area (Å²) in [6, 6.07) is 17.0. The molecule has 0 saturated carbocycles. The van der Waals surface area contributed by atoms with Gasteiger partial charge < -0.3 is 24.1 Å². The summed E-state index contributed by atoms with van der Waals surface area (Å²) >= 11 is 0. The zero-order valence-electron chi connectivity index (χ0n) is 17.3. The van der Waals surface area contributed by atoms with Crippen molar-refractivity contribution in [2.24, 2.45) is 0 Å². The quantitative estimate of drug-likeness (QED) is 0.519. The topological polar surface area (TPSA) is 63.9 Å². The standard InChI is InChI=1S/C24H26N2O4/c1-3-4-13-30-22-15-17(11-12-21(22)28-2)23-25-20-10-6-5-9-19(20)24(27)26(23)16-18-8-7-14-29-18/h5-12,14-15,23,25H,3-4,13,16H2,1-2H3/t23-/m1/s1. The predicted molar refractivity (Wildman–Crippen MR) is 115 cm³/mol. The molecule has 2 heterocycles. The Kier molecular flexibility index (Phi) is 5.93. The summed E-state index contributed by atoms with van der Waals surface area (Å²) in [6.45, 7) is 3.10. The van der Waals surface area contributed by atoms with Crippen LogP contribution in [0.2, 0.25) is 0 Å². The van der Waals surface area contributed by atoms with Crippen LogP contribution < -0.4 is 14.8 Å². The third-order valence-electron chi connectivity index (χ3n) is 5.19. The van der Waals surface area contributed by atoms with Gasteiger partial charge in [0, 0.05) is 5.69 Å². The minimum absolute atomic E-state index is 0.0463. The fraction of sp³-hybridized carbons (Fsp3) is 0.292. The number of para-hydroxylation sites is 1. The fourth-order valence-electron chi connectivity index (χ4n) is 3.59. The van der Waals surface area contributed by atoms with Crippen molar-refractivity contribution in [2.45, 2.75) is 32.5 Å². The maximum atomic E-state index is 13.3. The third kappa shape index (κ3) is 3.99. The van der Waals surface area contributed by atoms with Crippen LogP contribution in [-0.2, 0) is 6.54 Å². The van der Waals surface area contributed by atoms with Gasteiger partial charge >= 0.3 is 0 Å². The van der Waals surface area contributed by atoms with Gasteiger partial charge in [-0.1, -0.05) is 31.5 Å². The molecule has 0 radical (unpaired) electrons. The van der Waals surface area contributed by atoms with Gasteiger partial charge in [0.05, 0.1) is 32.1 Å². The number of furan rings is 1. The van der Waals surface area contributed by atoms with E-state index in [0.717, 1.165) is 29.9 Å². The van der Waals surface area contributed by atoms with Gasteiger partial charge in [0.25, 0.3) is 5.91 Å². The van der Waals surface area contributed by atoms with Crippen molar-refractivity contribution in [1.29, 1.82) is 0 Å². The number of amides is 1. The number of rotatable bonds is 8. The highest BCUT2D eigenvalue weighted by Crippen LogP contribution is 2.37. The minimum atomic E-state index is -0.364. The summed E-state index contributed by atoms with van der Waals surface area (Å²) in [7, 11) is 1.63. The van der Waals surface area contributed by atoms with E-state index in [1.54, 1.807) is 18.3 Å². The van der Waals surface area contributed by atoms with Gasteiger partial charge in [-0.15, -0.1) is 0 Å². The monoisotopic (exact) mass is 406 g/mol. The Morgan fingerprint density at radius 1 is 1.10 bits per heavy atom. The van der Waals surface area contributed by atoms with Crippen molar-refractivity contribution in [3.8, 4) is 11.5 Å². The number of nitrogens with zero attached hydrogens (tertiary/aromatic N) is 1. The van der Waals surface area contributed by atoms with Crippen LogP contribution in [0.5, 0.6) is 11.5 Å². The first-order valence-corrected chi connectivity index (χ1v) is 10.2. The molecule has 0 aliphatic carbocycles. The Labute approximate surface area is 176 Å². The van der Waals surface area contributed by atoms with Crippen LogP contribution in [0.3, 0.4) is 0 Å². The molecular weight excluding hydrogens is 380 g/mol. The summed E-state index contributed by atoms with van der Waals surface area (Å²) in [4.78, 5) is 15.1. The molecule has 0 spiro atoms. The van der Waals surface area contributed by atoms with E-state index in [2.05, 4.69) is 12.2 Å². The smallest absolute Gasteiger partial charge is 0.258 e. The van der Waals surface area contributed by atoms with Crippen LogP contribution in [-0.4, -0.2) is 24.5 Å². The summed E-state index contributed by atoms with van der Waals surface area (Å²) in [5.74, 6) is 2.03. The number of hydrogen-bond acceptors (Lipinski definition) is 5. The Bertz CT molecular complexity index is 1000. The maximum absolute atomic E-state index is 13.3. The number of methoxy groups -OCH3 is 1. The number of nitrogens with one attached hydrogen (secondary N) is 1. The second-order valence-electron chi connectivity index (χ2n) is 7.22. The number of carbonyl (C=O) groups excluding carboxylic acids is 1. The fourth-order valence-corrected chi connectivity index (χ4v) is 3.59. The van der Waals surface area contributed by atoms with E-state index >= 15 is 0 Å². The molecule has 6 nitrogen and oxygen atoms in total. The lowest BCUT2D eigenvalue weighted by Crippen LogP contribution is -2.42. The van der Waals surface area contributed by atoms with E-state index in [1.165, 1.54) is 0 Å². The Morgan fingerprint density at radius 2 is 1.97 bits per heavy atom. The number of hydrogen-bond donors (Lipinski definition) is 1. The number of carbonyl (C=O) groups is 1. The van der Waals surface area contributed by atoms with Gasteiger partial charge in [0.2, 0.25) is 0 Å². The second kappa shape index (κ2) is 8.95. The number of benzene rings is 2. The van der Waals surface area contributed by atoms with E-state index in [9.17, 15) is 4.79 Å². The summed E-state index contributed by atoms with van der Waals surface area (Å²) < 4.78 is 16.9. The lowest BCUT2D eigenvalue weighted by Gasteiger charge is -2.38. The highest BCUT2D eigenvalue weighted by Gasteiger charge is 2.33. The Hall–Kier alpha value is -3.41. The molecule has 30 heavy (non-hydrogen) atoms. The first-order chi connectivity index (χ1) is 14.7. The molecule has 6 heteroatoms.